The number of nitrogens with zero attached hydrogens (tertiary/aromatic N) is 1. The first-order chi connectivity index (χ1) is 7.79. The number of pyridine rings is 1. The minimum Gasteiger partial charge on any atom is -0.393 e. The van der Waals surface area contributed by atoms with Crippen LogP contribution in [0.1, 0.15) is 43.9 Å². The van der Waals surface area contributed by atoms with E-state index in [1.807, 2.05) is 6.20 Å². The van der Waals surface area contributed by atoms with E-state index >= 15 is 0 Å². The molecule has 0 bridgehead atoms. The molecular formula is C14H21NO. The SMILES string of the molecule is CCc1ccc(CCCC(O)C2CC2)nc1. The molecule has 1 saturated carbocycles. The quantitative estimate of drug-likeness (QED) is 0.798. The Morgan fingerprint density at radius 1 is 1.44 bits per heavy atom. The minimum atomic E-state index is -0.0603. The summed E-state index contributed by atoms with van der Waals surface area (Å²) >= 11 is 0. The lowest BCUT2D eigenvalue weighted by Crippen LogP contribution is -2.09. The van der Waals surface area contributed by atoms with E-state index in [4.69, 9.17) is 0 Å². The fraction of sp³-hybridized carbons (Fsp3) is 0.643. The van der Waals surface area contributed by atoms with Crippen LogP contribution >= 0.6 is 0 Å². The lowest BCUT2D eigenvalue weighted by atomic mass is 10.1. The van der Waals surface area contributed by atoms with Gasteiger partial charge in [-0.2, -0.15) is 0 Å². The van der Waals surface area contributed by atoms with E-state index in [0.29, 0.717) is 5.92 Å². The third kappa shape index (κ3) is 3.31. The van der Waals surface area contributed by atoms with Gasteiger partial charge in [-0.15, -0.1) is 0 Å². The first-order valence-corrected chi connectivity index (χ1v) is 6.41. The lowest BCUT2D eigenvalue weighted by molar-refractivity contribution is 0.139. The molecule has 1 heterocycles. The second-order valence-corrected chi connectivity index (χ2v) is 4.81. The summed E-state index contributed by atoms with van der Waals surface area (Å²) in [6, 6.07) is 4.27. The van der Waals surface area contributed by atoms with Crippen molar-refractivity contribution in [2.75, 3.05) is 0 Å². The van der Waals surface area contributed by atoms with Crippen LogP contribution in [0, 0.1) is 5.92 Å². The highest BCUT2D eigenvalue weighted by Crippen LogP contribution is 2.34. The lowest BCUT2D eigenvalue weighted by Gasteiger charge is -2.08. The number of aliphatic hydroxyl groups excluding tert-OH is 1. The molecule has 88 valence electrons. The Balaban J connectivity index is 1.71. The van der Waals surface area contributed by atoms with Crippen LogP contribution in [0.15, 0.2) is 18.3 Å². The summed E-state index contributed by atoms with van der Waals surface area (Å²) < 4.78 is 0. The zero-order chi connectivity index (χ0) is 11.4. The van der Waals surface area contributed by atoms with Crippen LogP contribution < -0.4 is 0 Å². The van der Waals surface area contributed by atoms with Crippen molar-refractivity contribution in [2.24, 2.45) is 5.92 Å². The zero-order valence-corrected chi connectivity index (χ0v) is 10.0. The molecule has 0 spiro atoms. The van der Waals surface area contributed by atoms with E-state index in [2.05, 4.69) is 24.0 Å². The summed E-state index contributed by atoms with van der Waals surface area (Å²) in [5, 5.41) is 9.73. The van der Waals surface area contributed by atoms with Gasteiger partial charge in [-0.05, 0) is 56.1 Å². The summed E-state index contributed by atoms with van der Waals surface area (Å²) in [4.78, 5) is 4.43. The summed E-state index contributed by atoms with van der Waals surface area (Å²) in [6.45, 7) is 2.14. The van der Waals surface area contributed by atoms with Crippen LogP contribution in [-0.2, 0) is 12.8 Å². The number of hydrogen-bond acceptors (Lipinski definition) is 2. The molecule has 1 aromatic heterocycles. The van der Waals surface area contributed by atoms with E-state index in [1.165, 1.54) is 18.4 Å². The van der Waals surface area contributed by atoms with Gasteiger partial charge in [-0.25, -0.2) is 0 Å². The van der Waals surface area contributed by atoms with Crippen LogP contribution in [0.4, 0.5) is 0 Å². The first-order valence-electron chi connectivity index (χ1n) is 6.41. The Morgan fingerprint density at radius 2 is 2.25 bits per heavy atom. The smallest absolute Gasteiger partial charge is 0.0568 e. The standard InChI is InChI=1S/C14H21NO/c1-2-11-6-9-13(15-10-11)4-3-5-14(16)12-7-8-12/h6,9-10,12,14,16H,2-5,7-8H2,1H3. The van der Waals surface area contributed by atoms with Gasteiger partial charge in [0.25, 0.3) is 0 Å². The first kappa shape index (κ1) is 11.6. The summed E-state index contributed by atoms with van der Waals surface area (Å²) in [5.41, 5.74) is 2.45. The molecule has 1 N–H and O–H groups in total. The molecule has 1 aliphatic carbocycles. The van der Waals surface area contributed by atoms with Crippen LogP contribution in [0.5, 0.6) is 0 Å². The molecule has 1 fully saturated rings. The summed E-state index contributed by atoms with van der Waals surface area (Å²) in [6.07, 6.45) is 8.39. The van der Waals surface area contributed by atoms with Gasteiger partial charge in [0.05, 0.1) is 6.10 Å². The largest absolute Gasteiger partial charge is 0.393 e. The van der Waals surface area contributed by atoms with Crippen LogP contribution in [0.3, 0.4) is 0 Å². The fourth-order valence-electron chi connectivity index (χ4n) is 2.02. The van der Waals surface area contributed by atoms with Crippen molar-refractivity contribution in [2.45, 2.75) is 51.6 Å². The molecule has 1 aromatic rings. The van der Waals surface area contributed by atoms with E-state index in [1.54, 1.807) is 0 Å². The molecule has 1 aliphatic rings. The van der Waals surface area contributed by atoms with Crippen LogP contribution in [0.25, 0.3) is 0 Å². The maximum absolute atomic E-state index is 9.73. The third-order valence-corrected chi connectivity index (χ3v) is 3.39. The summed E-state index contributed by atoms with van der Waals surface area (Å²) in [5.74, 6) is 0.607. The molecule has 2 rings (SSSR count). The highest BCUT2D eigenvalue weighted by Gasteiger charge is 2.28. The van der Waals surface area contributed by atoms with Gasteiger partial charge >= 0.3 is 0 Å². The number of aryl methyl sites for hydroxylation is 2. The number of rotatable bonds is 6. The second-order valence-electron chi connectivity index (χ2n) is 4.81. The highest BCUT2D eigenvalue weighted by atomic mass is 16.3. The molecule has 0 radical (unpaired) electrons. The van der Waals surface area contributed by atoms with Crippen molar-refractivity contribution < 1.29 is 5.11 Å². The molecule has 16 heavy (non-hydrogen) atoms. The molecule has 0 aromatic carbocycles. The molecule has 2 nitrogen and oxygen atoms in total. The monoisotopic (exact) mass is 219 g/mol. The van der Waals surface area contributed by atoms with Gasteiger partial charge < -0.3 is 5.11 Å². The van der Waals surface area contributed by atoms with E-state index in [-0.39, 0.29) is 6.10 Å². The highest BCUT2D eigenvalue weighted by molar-refractivity contribution is 5.13. The topological polar surface area (TPSA) is 33.1 Å². The number of hydrogen-bond donors (Lipinski definition) is 1. The van der Waals surface area contributed by atoms with Crippen LogP contribution in [0.2, 0.25) is 0 Å². The maximum atomic E-state index is 9.73. The number of aliphatic hydroxyl groups is 1. The van der Waals surface area contributed by atoms with Gasteiger partial charge in [0.1, 0.15) is 0 Å². The minimum absolute atomic E-state index is 0.0603. The molecule has 0 aliphatic heterocycles. The van der Waals surface area contributed by atoms with Crippen molar-refractivity contribution in [1.29, 1.82) is 0 Å². The van der Waals surface area contributed by atoms with Crippen molar-refractivity contribution >= 4 is 0 Å². The Hall–Kier alpha value is -0.890. The molecular weight excluding hydrogens is 198 g/mol. The Labute approximate surface area is 97.7 Å². The zero-order valence-electron chi connectivity index (χ0n) is 10.0. The van der Waals surface area contributed by atoms with Crippen molar-refractivity contribution in [3.63, 3.8) is 0 Å². The molecule has 0 amide bonds. The molecule has 0 saturated heterocycles. The molecule has 2 heteroatoms. The van der Waals surface area contributed by atoms with E-state index < -0.39 is 0 Å². The van der Waals surface area contributed by atoms with Gasteiger partial charge in [0, 0.05) is 11.9 Å². The van der Waals surface area contributed by atoms with Crippen molar-refractivity contribution in [1.82, 2.24) is 4.98 Å². The fourth-order valence-corrected chi connectivity index (χ4v) is 2.02. The molecule has 1 unspecified atom stereocenters. The second kappa shape index (κ2) is 5.44. The average molecular weight is 219 g/mol. The normalized spacial score (nSPS) is 17.4. The third-order valence-electron chi connectivity index (χ3n) is 3.39. The predicted octanol–water partition coefficient (Wildman–Crippen LogP) is 2.74. The Morgan fingerprint density at radius 3 is 2.81 bits per heavy atom. The van der Waals surface area contributed by atoms with Crippen molar-refractivity contribution in [3.05, 3.63) is 29.6 Å². The van der Waals surface area contributed by atoms with Gasteiger partial charge in [-0.1, -0.05) is 13.0 Å². The molecule has 1 atom stereocenters. The van der Waals surface area contributed by atoms with Gasteiger partial charge in [0.15, 0.2) is 0 Å². The van der Waals surface area contributed by atoms with E-state index in [0.717, 1.165) is 31.4 Å². The van der Waals surface area contributed by atoms with Gasteiger partial charge in [-0.3, -0.25) is 4.98 Å². The average Bonchev–Trinajstić information content (AvgIpc) is 3.14. The predicted molar refractivity (Wildman–Crippen MR) is 65.3 cm³/mol. The Kier molecular flexibility index (Phi) is 3.94. The van der Waals surface area contributed by atoms with Crippen LogP contribution in [-0.4, -0.2) is 16.2 Å². The maximum Gasteiger partial charge on any atom is 0.0568 e. The van der Waals surface area contributed by atoms with Crippen molar-refractivity contribution in [3.8, 4) is 0 Å². The van der Waals surface area contributed by atoms with E-state index in [9.17, 15) is 5.11 Å². The Bertz CT molecular complexity index is 316. The van der Waals surface area contributed by atoms with Gasteiger partial charge in [0.2, 0.25) is 0 Å². The summed E-state index contributed by atoms with van der Waals surface area (Å²) in [7, 11) is 0. The number of aromatic nitrogens is 1.